The van der Waals surface area contributed by atoms with Gasteiger partial charge in [-0.3, -0.25) is 32.8 Å². The summed E-state index contributed by atoms with van der Waals surface area (Å²) in [4.78, 5) is 99.7. The number of rotatable bonds is 32. The van der Waals surface area contributed by atoms with Crippen LogP contribution in [0, 0.1) is 5.41 Å². The van der Waals surface area contributed by atoms with Gasteiger partial charge in [-0.2, -0.15) is 29.8 Å². The highest BCUT2D eigenvalue weighted by Gasteiger charge is 2.46. The van der Waals surface area contributed by atoms with E-state index in [9.17, 15) is 95.7 Å². The number of carboxylic acid groups (broad SMARTS) is 2. The Hall–Kier alpha value is -9.94. The van der Waals surface area contributed by atoms with Crippen molar-refractivity contribution in [3.8, 4) is 5.75 Å². The molecule has 9 N–H and O–H groups in total. The average Bonchev–Trinajstić information content (AvgIpc) is 1.59. The van der Waals surface area contributed by atoms with Gasteiger partial charge in [0.15, 0.2) is 11.5 Å². The summed E-state index contributed by atoms with van der Waals surface area (Å²) in [6, 6.07) is 22.5. The summed E-state index contributed by atoms with van der Waals surface area (Å²) in [6.45, 7) is 13.0. The first-order valence-corrected chi connectivity index (χ1v) is 44.0. The Morgan fingerprint density at radius 2 is 1.33 bits per heavy atom. The highest BCUT2D eigenvalue weighted by Crippen LogP contribution is 2.50. The number of amides is 5. The number of carbonyl (C=O) groups excluding carboxylic acids is 5. The van der Waals surface area contributed by atoms with Crippen molar-refractivity contribution in [1.29, 1.82) is 0 Å². The van der Waals surface area contributed by atoms with E-state index in [4.69, 9.17) is 4.74 Å². The molecule has 1 fully saturated rings. The summed E-state index contributed by atoms with van der Waals surface area (Å²) < 4.78 is 147. The van der Waals surface area contributed by atoms with Crippen LogP contribution in [0.5, 0.6) is 5.75 Å². The summed E-state index contributed by atoms with van der Waals surface area (Å²) in [5.74, 6) is -5.89. The Kier molecular flexibility index (Phi) is 27.1. The van der Waals surface area contributed by atoms with Crippen LogP contribution in [0.15, 0.2) is 166 Å². The van der Waals surface area contributed by atoms with Gasteiger partial charge < -0.3 is 55.5 Å². The van der Waals surface area contributed by atoms with E-state index in [1.54, 1.807) is 63.2 Å². The minimum absolute atomic E-state index is 0.0130. The zero-order valence-electron chi connectivity index (χ0n) is 65.0. The first-order valence-electron chi connectivity index (χ1n) is 38.0. The Bertz CT molecular complexity index is 5270. The Morgan fingerprint density at radius 3 is 1.97 bits per heavy atom. The highest BCUT2D eigenvalue weighted by atomic mass is 32.2. The van der Waals surface area contributed by atoms with Crippen LogP contribution in [0.4, 0.5) is 33.2 Å². The second-order valence-corrected chi connectivity index (χ2v) is 37.5. The van der Waals surface area contributed by atoms with Crippen molar-refractivity contribution in [2.45, 2.75) is 190 Å². The molecular weight excluding hydrogens is 1570 g/mol. The number of fused-ring (bicyclic) bond motifs is 3. The molecule has 3 aliphatic heterocycles. The molecule has 0 aromatic heterocycles. The van der Waals surface area contributed by atoms with Crippen LogP contribution in [0.2, 0.25) is 0 Å². The van der Waals surface area contributed by atoms with Crippen LogP contribution in [-0.2, 0) is 81.7 Å². The number of urea groups is 1. The molecule has 10 rings (SSSR count). The van der Waals surface area contributed by atoms with E-state index in [0.29, 0.717) is 81.3 Å². The number of hydrogen-bond donors (Lipinski definition) is 9. The molecule has 3 atom stereocenters. The first-order chi connectivity index (χ1) is 53.9. The lowest BCUT2D eigenvalue weighted by molar-refractivity contribution is -0.438. The molecular formula is C81H98N8O22S4. The van der Waals surface area contributed by atoms with Crippen molar-refractivity contribution < 1.29 is 105 Å². The largest absolute Gasteiger partial charge is 0.748 e. The van der Waals surface area contributed by atoms with E-state index in [1.807, 2.05) is 73.6 Å². The van der Waals surface area contributed by atoms with Crippen molar-refractivity contribution >= 4 is 116 Å². The van der Waals surface area contributed by atoms with Crippen LogP contribution in [0.3, 0.4) is 0 Å². The van der Waals surface area contributed by atoms with E-state index >= 15 is 0 Å². The van der Waals surface area contributed by atoms with Crippen molar-refractivity contribution in [3.63, 3.8) is 0 Å². The molecule has 1 saturated carbocycles. The molecule has 0 radical (unpaired) electrons. The van der Waals surface area contributed by atoms with Gasteiger partial charge in [0.05, 0.1) is 49.0 Å². The van der Waals surface area contributed by atoms with Gasteiger partial charge in [-0.25, -0.2) is 22.8 Å². The Balaban J connectivity index is 0.860. The van der Waals surface area contributed by atoms with Gasteiger partial charge in [0, 0.05) is 95.3 Å². The number of carbonyl (C=O) groups is 7. The number of para-hydroxylation sites is 2. The summed E-state index contributed by atoms with van der Waals surface area (Å²) in [7, 11) is -18.2. The second kappa shape index (κ2) is 35.7. The van der Waals surface area contributed by atoms with Crippen LogP contribution < -0.4 is 40.7 Å². The number of ether oxygens (including phenoxy) is 1. The number of Topliss-reactive ketones (excluding diaryl/α,β-unsaturated/α-hetero) is 1. The fraction of sp³-hybridized carbons (Fsp3) is 0.432. The smallest absolute Gasteiger partial charge is 0.326 e. The molecule has 2 aliphatic carbocycles. The lowest BCUT2D eigenvalue weighted by atomic mass is 9.81. The molecule has 5 aliphatic rings. The van der Waals surface area contributed by atoms with E-state index in [-0.39, 0.29) is 96.9 Å². The molecule has 5 aromatic rings. The number of unbranched alkanes of at least 4 members (excludes halogenated alkanes) is 2. The van der Waals surface area contributed by atoms with Gasteiger partial charge in [0.25, 0.3) is 42.2 Å². The molecule has 30 nitrogen and oxygen atoms in total. The van der Waals surface area contributed by atoms with Crippen molar-refractivity contribution in [3.05, 3.63) is 178 Å². The van der Waals surface area contributed by atoms with E-state index in [0.717, 1.165) is 37.8 Å². The molecule has 618 valence electrons. The third kappa shape index (κ3) is 22.0. The lowest BCUT2D eigenvalue weighted by Gasteiger charge is -2.37. The monoisotopic (exact) mass is 1660 g/mol. The van der Waals surface area contributed by atoms with E-state index in [1.165, 1.54) is 59.5 Å². The molecule has 3 unspecified atom stereocenters. The fourth-order valence-corrected chi connectivity index (χ4v) is 17.4. The third-order valence-electron chi connectivity index (χ3n) is 21.5. The van der Waals surface area contributed by atoms with Crippen LogP contribution in [-0.4, -0.2) is 176 Å². The molecule has 3 heterocycles. The number of benzene rings is 5. The zero-order valence-corrected chi connectivity index (χ0v) is 68.2. The highest BCUT2D eigenvalue weighted by molar-refractivity contribution is 7.86. The molecule has 115 heavy (non-hydrogen) atoms. The second-order valence-electron chi connectivity index (χ2n) is 31.6. The minimum Gasteiger partial charge on any atom is -0.748 e. The number of nitrogens with zero attached hydrogens (tertiary/aromatic N) is 4. The Morgan fingerprint density at radius 1 is 0.678 bits per heavy atom. The van der Waals surface area contributed by atoms with Crippen molar-refractivity contribution in [2.24, 2.45) is 5.41 Å². The number of nitrogens with one attached hydrogen (secondary N) is 4. The standard InChI is InChI=1S/C81H98N8O22S4/c1-79(2,3)71(90)50-89-68-26-12-11-25-67(68)88(56-23-9-8-10-24-56)49-64(75(89)93)85-78(98)82-55-22-18-21-54(46-55)74(92)84-62(76(94)95)35-40-72(91)83-63(77(96)97)45-51-27-31-57(32-28-51)111-73-52(29-38-69-80(4,5)60-47-58(114(105,106)107)33-36-65(60)86(69)41-13-15-43-112(99,100)101)19-17-20-53(73)30-39-70-81(6,7)61-48-59(115(108,109)110)34-37-66(61)87(70)42-14-16-44-113(102,103)104/h11-12,18,21-22,25-34,36-39,46-48,56,62-64H,8-10,13-17,19-20,23-24,35,40-45,49-50H2,1-7H3,(H9-,82,83,84,85,91,92,94,95,96,97,98,99,100,101,102,103,104,105,106,107,108,109,110). The SMILES string of the molecule is CC(C)(C)C(=O)CN1C(=O)C(NC(=O)Nc2cccc(C(=O)NC(CCC(=O)NC(Cc3ccc(OC4=C(C=CC5=[N+](CCCCS(=O)(=O)[O-])c6ccc(S(=O)(=O)O)cc6C5(C)C)CCCC4=CC=C4N(CCCCS(=O)(=O)O)c5ccc(S(=O)(=O)O)cc5C4(C)C)cc3)C(=O)O)C(=O)O)c2)CN(C2CCCCC2)c2ccccc21. The van der Waals surface area contributed by atoms with Crippen molar-refractivity contribution in [1.82, 2.24) is 16.0 Å². The number of ketones is 1. The van der Waals surface area contributed by atoms with Gasteiger partial charge in [0.2, 0.25) is 11.6 Å². The number of aliphatic carboxylic acids is 2. The number of anilines is 4. The van der Waals surface area contributed by atoms with Crippen LogP contribution >= 0.6 is 0 Å². The summed E-state index contributed by atoms with van der Waals surface area (Å²) in [6.07, 6.45) is 12.7. The molecule has 5 amide bonds. The molecule has 0 saturated heterocycles. The Labute approximate surface area is 669 Å². The predicted molar refractivity (Wildman–Crippen MR) is 430 cm³/mol. The zero-order chi connectivity index (χ0) is 83.9. The van der Waals surface area contributed by atoms with E-state index < -0.39 is 135 Å². The van der Waals surface area contributed by atoms with Gasteiger partial charge in [0.1, 0.15) is 36.2 Å². The molecule has 0 spiro atoms. The maximum atomic E-state index is 14.6. The van der Waals surface area contributed by atoms with Crippen molar-refractivity contribution in [2.75, 3.05) is 57.7 Å². The predicted octanol–water partition coefficient (Wildman–Crippen LogP) is 10.3. The van der Waals surface area contributed by atoms with Gasteiger partial charge in [-0.15, -0.1) is 0 Å². The van der Waals surface area contributed by atoms with Gasteiger partial charge in [-0.05, 0) is 179 Å². The summed E-state index contributed by atoms with van der Waals surface area (Å²) in [5.41, 5.74) is 3.79. The molecule has 5 aromatic carbocycles. The first kappa shape index (κ1) is 87.4. The maximum absolute atomic E-state index is 14.6. The third-order valence-corrected chi connectivity index (χ3v) is 24.8. The summed E-state index contributed by atoms with van der Waals surface area (Å²) >= 11 is 0. The number of carboxylic acids is 2. The number of hydrogen-bond acceptors (Lipinski definition) is 19. The lowest BCUT2D eigenvalue weighted by Crippen LogP contribution is -2.55. The van der Waals surface area contributed by atoms with Crippen LogP contribution in [0.1, 0.15) is 165 Å². The molecule has 34 heteroatoms. The minimum atomic E-state index is -4.67. The topological polar surface area (TPSA) is 450 Å². The summed E-state index contributed by atoms with van der Waals surface area (Å²) in [5, 5.41) is 31.1. The normalized spacial score (nSPS) is 18.5. The van der Waals surface area contributed by atoms with E-state index in [2.05, 4.69) is 26.2 Å². The number of allylic oxidation sites excluding steroid dienone is 7. The quantitative estimate of drug-likeness (QED) is 0.0110. The maximum Gasteiger partial charge on any atom is 0.326 e. The molecule has 0 bridgehead atoms. The fourth-order valence-electron chi connectivity index (χ4n) is 15.3. The van der Waals surface area contributed by atoms with Crippen LogP contribution in [0.25, 0.3) is 0 Å². The van der Waals surface area contributed by atoms with Gasteiger partial charge >= 0.3 is 18.0 Å². The average molecular weight is 1660 g/mol. The van der Waals surface area contributed by atoms with Gasteiger partial charge in [-0.1, -0.05) is 90.3 Å².